The Morgan fingerprint density at radius 2 is 1.79 bits per heavy atom. The van der Waals surface area contributed by atoms with Crippen LogP contribution in [-0.2, 0) is 9.59 Å². The van der Waals surface area contributed by atoms with Gasteiger partial charge < -0.3 is 19.9 Å². The van der Waals surface area contributed by atoms with Crippen LogP contribution < -0.4 is 19.9 Å². The summed E-state index contributed by atoms with van der Waals surface area (Å²) < 4.78 is 15.5. The Bertz CT molecular complexity index is 532. The molecule has 0 atom stereocenters. The summed E-state index contributed by atoms with van der Waals surface area (Å²) in [5, 5.41) is 0. The molecule has 0 bridgehead atoms. The molecule has 0 aliphatic rings. The topological polar surface area (TPSA) is 87.9 Å². The second-order valence-electron chi connectivity index (χ2n) is 3.61. The summed E-state index contributed by atoms with van der Waals surface area (Å²) in [7, 11) is 4.35. The molecule has 0 spiro atoms. The van der Waals surface area contributed by atoms with E-state index in [9.17, 15) is 9.59 Å². The monoisotopic (exact) mass is 265 g/mol. The second-order valence-corrected chi connectivity index (χ2v) is 3.61. The molecule has 19 heavy (non-hydrogen) atoms. The molecule has 1 amide bonds. The van der Waals surface area contributed by atoms with E-state index in [1.54, 1.807) is 18.1 Å². The number of nitrogens with two attached hydrogens (primary N) is 1. The van der Waals surface area contributed by atoms with Crippen molar-refractivity contribution in [3.05, 3.63) is 17.7 Å². The van der Waals surface area contributed by atoms with Crippen molar-refractivity contribution in [3.63, 3.8) is 0 Å². The Balaban J connectivity index is 3.43. The molecular formula is C13H15NO5. The fourth-order valence-electron chi connectivity index (χ4n) is 1.70. The minimum atomic E-state index is -0.629. The van der Waals surface area contributed by atoms with E-state index in [2.05, 4.69) is 0 Å². The lowest BCUT2D eigenvalue weighted by Gasteiger charge is -2.15. The standard InChI is InChI=1S/C13H15NO5/c1-17-10-5-4-9(8(7-15)6-11(14)16)12(18-2)13(10)19-3/h4-5H,6H2,1-3H3,(H2,14,16). The highest BCUT2D eigenvalue weighted by molar-refractivity contribution is 5.99. The van der Waals surface area contributed by atoms with Gasteiger partial charge in [0.1, 0.15) is 5.94 Å². The number of ether oxygens (including phenoxy) is 3. The van der Waals surface area contributed by atoms with Gasteiger partial charge in [0, 0.05) is 5.56 Å². The van der Waals surface area contributed by atoms with Crippen molar-refractivity contribution >= 4 is 17.4 Å². The normalized spacial score (nSPS) is 9.42. The van der Waals surface area contributed by atoms with Crippen molar-refractivity contribution in [2.45, 2.75) is 6.42 Å². The molecule has 102 valence electrons. The summed E-state index contributed by atoms with van der Waals surface area (Å²) in [5.74, 6) is 2.15. The predicted octanol–water partition coefficient (Wildman–Crippen LogP) is 0.803. The number of carbonyl (C=O) groups excluding carboxylic acids is 2. The number of benzene rings is 1. The maximum Gasteiger partial charge on any atom is 0.222 e. The number of hydrogen-bond donors (Lipinski definition) is 1. The van der Waals surface area contributed by atoms with E-state index in [0.29, 0.717) is 22.8 Å². The van der Waals surface area contributed by atoms with E-state index in [1.165, 1.54) is 21.3 Å². The Hall–Kier alpha value is -2.46. The molecule has 1 aromatic carbocycles. The summed E-state index contributed by atoms with van der Waals surface area (Å²) in [6.07, 6.45) is -0.227. The van der Waals surface area contributed by atoms with Crippen LogP contribution in [0.1, 0.15) is 12.0 Å². The molecule has 1 rings (SSSR count). The van der Waals surface area contributed by atoms with Gasteiger partial charge in [0.05, 0.1) is 33.3 Å². The molecule has 0 aromatic heterocycles. The van der Waals surface area contributed by atoms with E-state index in [0.717, 1.165) is 0 Å². The first-order chi connectivity index (χ1) is 9.08. The van der Waals surface area contributed by atoms with Crippen LogP contribution in [0, 0.1) is 0 Å². The third-order valence-electron chi connectivity index (χ3n) is 2.50. The Morgan fingerprint density at radius 3 is 2.21 bits per heavy atom. The van der Waals surface area contributed by atoms with Gasteiger partial charge in [-0.3, -0.25) is 4.79 Å². The number of hydrogen-bond acceptors (Lipinski definition) is 5. The van der Waals surface area contributed by atoms with Gasteiger partial charge in [-0.2, -0.15) is 0 Å². The minimum absolute atomic E-state index is 0.102. The maximum atomic E-state index is 11.0. The van der Waals surface area contributed by atoms with Crippen LogP contribution in [0.15, 0.2) is 12.1 Å². The van der Waals surface area contributed by atoms with Crippen molar-refractivity contribution in [3.8, 4) is 17.2 Å². The zero-order valence-electron chi connectivity index (χ0n) is 11.0. The number of primary amides is 1. The van der Waals surface area contributed by atoms with Crippen molar-refractivity contribution < 1.29 is 23.8 Å². The number of rotatable bonds is 6. The number of methoxy groups -OCH3 is 3. The van der Waals surface area contributed by atoms with E-state index in [-0.39, 0.29) is 12.0 Å². The van der Waals surface area contributed by atoms with Gasteiger partial charge in [0.2, 0.25) is 11.7 Å². The van der Waals surface area contributed by atoms with Gasteiger partial charge in [0.25, 0.3) is 0 Å². The molecule has 0 unspecified atom stereocenters. The van der Waals surface area contributed by atoms with Crippen LogP contribution in [0.2, 0.25) is 0 Å². The Labute approximate surface area is 110 Å². The van der Waals surface area contributed by atoms with Crippen molar-refractivity contribution in [2.75, 3.05) is 21.3 Å². The first kappa shape index (κ1) is 14.6. The lowest BCUT2D eigenvalue weighted by molar-refractivity contribution is -0.117. The highest BCUT2D eigenvalue weighted by atomic mass is 16.5. The smallest absolute Gasteiger partial charge is 0.222 e. The molecule has 0 saturated carbocycles. The van der Waals surface area contributed by atoms with Crippen LogP contribution in [0.25, 0.3) is 5.57 Å². The fraction of sp³-hybridized carbons (Fsp3) is 0.308. The van der Waals surface area contributed by atoms with Crippen LogP contribution in [-0.4, -0.2) is 33.2 Å². The quantitative estimate of drug-likeness (QED) is 0.769. The molecule has 0 heterocycles. The highest BCUT2D eigenvalue weighted by Gasteiger charge is 2.19. The summed E-state index contributed by atoms with van der Waals surface area (Å²) in [6.45, 7) is 0. The van der Waals surface area contributed by atoms with Gasteiger partial charge in [-0.25, -0.2) is 4.79 Å². The van der Waals surface area contributed by atoms with E-state index in [4.69, 9.17) is 19.9 Å². The summed E-state index contributed by atoms with van der Waals surface area (Å²) >= 11 is 0. The van der Waals surface area contributed by atoms with E-state index < -0.39 is 5.91 Å². The summed E-state index contributed by atoms with van der Waals surface area (Å²) in [5.41, 5.74) is 5.59. The lowest BCUT2D eigenvalue weighted by atomic mass is 10.0. The second kappa shape index (κ2) is 6.47. The van der Waals surface area contributed by atoms with Crippen molar-refractivity contribution in [1.82, 2.24) is 0 Å². The average Bonchev–Trinajstić information content (AvgIpc) is 2.42. The van der Waals surface area contributed by atoms with E-state index >= 15 is 0 Å². The molecule has 2 N–H and O–H groups in total. The summed E-state index contributed by atoms with van der Waals surface area (Å²) in [4.78, 5) is 21.9. The highest BCUT2D eigenvalue weighted by Crippen LogP contribution is 2.42. The largest absolute Gasteiger partial charge is 0.493 e. The Morgan fingerprint density at radius 1 is 1.16 bits per heavy atom. The summed E-state index contributed by atoms with van der Waals surface area (Å²) in [6, 6.07) is 3.19. The van der Waals surface area contributed by atoms with Gasteiger partial charge >= 0.3 is 0 Å². The number of amides is 1. The fourth-order valence-corrected chi connectivity index (χ4v) is 1.70. The SMILES string of the molecule is COc1ccc(C(=C=O)CC(N)=O)c(OC)c1OC. The molecule has 6 heteroatoms. The molecule has 0 radical (unpaired) electrons. The van der Waals surface area contributed by atoms with Crippen molar-refractivity contribution in [1.29, 1.82) is 0 Å². The molecule has 0 fully saturated rings. The third-order valence-corrected chi connectivity index (χ3v) is 2.50. The van der Waals surface area contributed by atoms with Crippen LogP contribution in [0.4, 0.5) is 0 Å². The Kier molecular flexibility index (Phi) is 4.97. The molecular weight excluding hydrogens is 250 g/mol. The average molecular weight is 265 g/mol. The van der Waals surface area contributed by atoms with Gasteiger partial charge in [0.15, 0.2) is 11.5 Å². The molecule has 0 aliphatic carbocycles. The zero-order valence-corrected chi connectivity index (χ0v) is 11.0. The van der Waals surface area contributed by atoms with Crippen LogP contribution >= 0.6 is 0 Å². The molecule has 1 aromatic rings. The van der Waals surface area contributed by atoms with Crippen LogP contribution in [0.5, 0.6) is 17.2 Å². The van der Waals surface area contributed by atoms with Gasteiger partial charge in [-0.15, -0.1) is 0 Å². The number of carbonyl (C=O) groups is 1. The molecule has 0 saturated heterocycles. The van der Waals surface area contributed by atoms with Gasteiger partial charge in [-0.1, -0.05) is 0 Å². The first-order valence-electron chi connectivity index (χ1n) is 5.40. The molecule has 0 aliphatic heterocycles. The van der Waals surface area contributed by atoms with Crippen LogP contribution in [0.3, 0.4) is 0 Å². The maximum absolute atomic E-state index is 11.0. The van der Waals surface area contributed by atoms with Crippen molar-refractivity contribution in [2.24, 2.45) is 5.73 Å². The third kappa shape index (κ3) is 3.05. The molecule has 6 nitrogen and oxygen atoms in total. The predicted molar refractivity (Wildman–Crippen MR) is 69.0 cm³/mol. The minimum Gasteiger partial charge on any atom is -0.493 e. The first-order valence-corrected chi connectivity index (χ1v) is 5.40. The lowest BCUT2D eigenvalue weighted by Crippen LogP contribution is -2.11. The van der Waals surface area contributed by atoms with Gasteiger partial charge in [-0.05, 0) is 12.1 Å². The van der Waals surface area contributed by atoms with E-state index in [1.807, 2.05) is 0 Å². The zero-order chi connectivity index (χ0) is 14.4.